The number of aromatic amines is 1. The SMILES string of the molecule is Cc1nc2c(-c3ccccc3)c(C)[nH]n2c(=O)c1C(=O)Nc1cccc2c1CCC2. The highest BCUT2D eigenvalue weighted by atomic mass is 16.2. The fourth-order valence-electron chi connectivity index (χ4n) is 4.42. The van der Waals surface area contributed by atoms with E-state index in [-0.39, 0.29) is 5.56 Å². The molecule has 4 aromatic rings. The maximum Gasteiger partial charge on any atom is 0.285 e. The molecule has 1 amide bonds. The molecule has 0 aliphatic heterocycles. The van der Waals surface area contributed by atoms with Gasteiger partial charge >= 0.3 is 0 Å². The van der Waals surface area contributed by atoms with E-state index in [0.717, 1.165) is 41.8 Å². The van der Waals surface area contributed by atoms with Crippen molar-refractivity contribution >= 4 is 17.2 Å². The number of hydrogen-bond donors (Lipinski definition) is 2. The fraction of sp³-hybridized carbons (Fsp3) is 0.208. The zero-order chi connectivity index (χ0) is 20.8. The Labute approximate surface area is 173 Å². The predicted molar refractivity (Wildman–Crippen MR) is 117 cm³/mol. The van der Waals surface area contributed by atoms with Crippen molar-refractivity contribution in [1.29, 1.82) is 0 Å². The van der Waals surface area contributed by atoms with Crippen LogP contribution < -0.4 is 10.9 Å². The van der Waals surface area contributed by atoms with E-state index in [4.69, 9.17) is 0 Å². The smallest absolute Gasteiger partial charge is 0.285 e. The van der Waals surface area contributed by atoms with Crippen molar-refractivity contribution in [2.24, 2.45) is 0 Å². The Hall–Kier alpha value is -3.67. The van der Waals surface area contributed by atoms with E-state index in [1.165, 1.54) is 15.6 Å². The summed E-state index contributed by atoms with van der Waals surface area (Å²) in [7, 11) is 0. The predicted octanol–water partition coefficient (Wildman–Crippen LogP) is 4.05. The number of anilines is 1. The minimum absolute atomic E-state index is 0.0592. The molecule has 6 heteroatoms. The highest BCUT2D eigenvalue weighted by Crippen LogP contribution is 2.29. The quantitative estimate of drug-likeness (QED) is 0.546. The number of nitrogens with zero attached hydrogens (tertiary/aromatic N) is 2. The Kier molecular flexibility index (Phi) is 4.28. The van der Waals surface area contributed by atoms with Crippen LogP contribution >= 0.6 is 0 Å². The molecule has 2 N–H and O–H groups in total. The van der Waals surface area contributed by atoms with Gasteiger partial charge in [0.15, 0.2) is 5.65 Å². The molecule has 0 spiro atoms. The van der Waals surface area contributed by atoms with Gasteiger partial charge in [-0.05, 0) is 55.9 Å². The molecule has 5 rings (SSSR count). The minimum Gasteiger partial charge on any atom is -0.321 e. The van der Waals surface area contributed by atoms with Crippen LogP contribution in [0.1, 0.15) is 39.3 Å². The summed E-state index contributed by atoms with van der Waals surface area (Å²) in [6.45, 7) is 3.61. The van der Waals surface area contributed by atoms with Gasteiger partial charge in [0.1, 0.15) is 5.56 Å². The van der Waals surface area contributed by atoms with Gasteiger partial charge in [0.05, 0.1) is 5.69 Å². The molecule has 0 atom stereocenters. The highest BCUT2D eigenvalue weighted by Gasteiger charge is 2.23. The van der Waals surface area contributed by atoms with Crippen LogP contribution in [0.4, 0.5) is 5.69 Å². The maximum atomic E-state index is 13.2. The van der Waals surface area contributed by atoms with E-state index in [2.05, 4.69) is 21.5 Å². The number of H-pyrrole nitrogens is 1. The molecule has 0 bridgehead atoms. The first kappa shape index (κ1) is 18.4. The summed E-state index contributed by atoms with van der Waals surface area (Å²) in [5.74, 6) is -0.423. The van der Waals surface area contributed by atoms with Gasteiger partial charge in [0.2, 0.25) is 0 Å². The number of rotatable bonds is 3. The second-order valence-electron chi connectivity index (χ2n) is 7.77. The van der Waals surface area contributed by atoms with Crippen molar-refractivity contribution in [2.75, 3.05) is 5.32 Å². The van der Waals surface area contributed by atoms with E-state index < -0.39 is 11.5 Å². The molecule has 1 aliphatic rings. The van der Waals surface area contributed by atoms with E-state index in [1.54, 1.807) is 6.92 Å². The number of nitrogens with one attached hydrogen (secondary N) is 2. The lowest BCUT2D eigenvalue weighted by Gasteiger charge is -2.11. The lowest BCUT2D eigenvalue weighted by atomic mass is 10.1. The second-order valence-corrected chi connectivity index (χ2v) is 7.77. The maximum absolute atomic E-state index is 13.2. The number of aryl methyl sites for hydroxylation is 3. The number of fused-ring (bicyclic) bond motifs is 2. The van der Waals surface area contributed by atoms with Gasteiger partial charge in [0.25, 0.3) is 11.5 Å². The fourth-order valence-corrected chi connectivity index (χ4v) is 4.42. The average Bonchev–Trinajstić information content (AvgIpc) is 3.33. The molecule has 1 aliphatic carbocycles. The van der Waals surface area contributed by atoms with Crippen LogP contribution in [0.25, 0.3) is 16.8 Å². The van der Waals surface area contributed by atoms with Crippen molar-refractivity contribution in [3.63, 3.8) is 0 Å². The molecule has 30 heavy (non-hydrogen) atoms. The highest BCUT2D eigenvalue weighted by molar-refractivity contribution is 6.05. The molecular weight excluding hydrogens is 376 g/mol. The van der Waals surface area contributed by atoms with Crippen molar-refractivity contribution in [1.82, 2.24) is 14.6 Å². The third-order valence-electron chi connectivity index (χ3n) is 5.83. The number of carbonyl (C=O) groups excluding carboxylic acids is 1. The Bertz CT molecular complexity index is 1350. The Morgan fingerprint density at radius 1 is 1.07 bits per heavy atom. The van der Waals surface area contributed by atoms with Gasteiger partial charge in [-0.25, -0.2) is 9.50 Å². The monoisotopic (exact) mass is 398 g/mol. The normalized spacial score (nSPS) is 12.9. The van der Waals surface area contributed by atoms with Crippen LogP contribution in [0, 0.1) is 13.8 Å². The molecule has 2 heterocycles. The number of benzene rings is 2. The van der Waals surface area contributed by atoms with Gasteiger partial charge in [0, 0.05) is 16.9 Å². The molecule has 2 aromatic carbocycles. The van der Waals surface area contributed by atoms with Gasteiger partial charge < -0.3 is 5.32 Å². The summed E-state index contributed by atoms with van der Waals surface area (Å²) in [6, 6.07) is 15.7. The lowest BCUT2D eigenvalue weighted by Crippen LogP contribution is -2.29. The first-order valence-electron chi connectivity index (χ1n) is 10.1. The summed E-state index contributed by atoms with van der Waals surface area (Å²) in [5.41, 5.74) is 6.48. The third-order valence-corrected chi connectivity index (χ3v) is 5.83. The summed E-state index contributed by atoms with van der Waals surface area (Å²) in [6.07, 6.45) is 3.05. The Balaban J connectivity index is 1.60. The molecule has 2 aromatic heterocycles. The number of hydrogen-bond acceptors (Lipinski definition) is 3. The summed E-state index contributed by atoms with van der Waals surface area (Å²) < 4.78 is 1.37. The van der Waals surface area contributed by atoms with E-state index in [0.29, 0.717) is 11.3 Å². The van der Waals surface area contributed by atoms with Crippen LogP contribution in [-0.2, 0) is 12.8 Å². The van der Waals surface area contributed by atoms with Crippen LogP contribution in [0.5, 0.6) is 0 Å². The first-order chi connectivity index (χ1) is 14.5. The molecule has 0 unspecified atom stereocenters. The van der Waals surface area contributed by atoms with Gasteiger partial charge in [-0.3, -0.25) is 14.7 Å². The van der Waals surface area contributed by atoms with Gasteiger partial charge in [-0.1, -0.05) is 42.5 Å². The average molecular weight is 398 g/mol. The largest absolute Gasteiger partial charge is 0.321 e. The standard InChI is InChI=1S/C24H22N4O2/c1-14-21(23(29)26-19-13-7-11-16-10-6-12-18(16)19)24(30)28-22(25-14)20(15(2)27-28)17-8-4-3-5-9-17/h3-5,7-9,11,13,27H,6,10,12H2,1-2H3,(H,26,29). The topological polar surface area (TPSA) is 79.3 Å². The van der Waals surface area contributed by atoms with E-state index in [1.807, 2.05) is 49.4 Å². The second kappa shape index (κ2) is 6.99. The summed E-state index contributed by atoms with van der Waals surface area (Å²) in [4.78, 5) is 31.0. The zero-order valence-electron chi connectivity index (χ0n) is 17.0. The molecule has 0 radical (unpaired) electrons. The van der Waals surface area contributed by atoms with Crippen molar-refractivity contribution in [2.45, 2.75) is 33.1 Å². The molecular formula is C24H22N4O2. The third kappa shape index (κ3) is 2.84. The van der Waals surface area contributed by atoms with Gasteiger partial charge in [-0.2, -0.15) is 0 Å². The number of amides is 1. The first-order valence-corrected chi connectivity index (χ1v) is 10.1. The number of aromatic nitrogens is 3. The molecule has 0 fully saturated rings. The van der Waals surface area contributed by atoms with E-state index in [9.17, 15) is 9.59 Å². The van der Waals surface area contributed by atoms with Crippen LogP contribution in [0.15, 0.2) is 53.3 Å². The van der Waals surface area contributed by atoms with Crippen LogP contribution in [-0.4, -0.2) is 20.5 Å². The Morgan fingerprint density at radius 2 is 1.87 bits per heavy atom. The van der Waals surface area contributed by atoms with Gasteiger partial charge in [-0.15, -0.1) is 0 Å². The summed E-state index contributed by atoms with van der Waals surface area (Å²) in [5, 5.41) is 6.04. The van der Waals surface area contributed by atoms with Crippen LogP contribution in [0.3, 0.4) is 0 Å². The minimum atomic E-state index is -0.423. The Morgan fingerprint density at radius 3 is 2.67 bits per heavy atom. The lowest BCUT2D eigenvalue weighted by molar-refractivity contribution is 0.102. The van der Waals surface area contributed by atoms with E-state index >= 15 is 0 Å². The molecule has 6 nitrogen and oxygen atoms in total. The number of carbonyl (C=O) groups is 1. The summed E-state index contributed by atoms with van der Waals surface area (Å²) >= 11 is 0. The molecule has 150 valence electrons. The van der Waals surface area contributed by atoms with Crippen molar-refractivity contribution in [3.05, 3.63) is 87.0 Å². The molecule has 0 saturated carbocycles. The zero-order valence-corrected chi connectivity index (χ0v) is 17.0. The molecule has 0 saturated heterocycles. The van der Waals surface area contributed by atoms with Crippen molar-refractivity contribution < 1.29 is 4.79 Å². The van der Waals surface area contributed by atoms with Crippen molar-refractivity contribution in [3.8, 4) is 11.1 Å². The van der Waals surface area contributed by atoms with Crippen LogP contribution in [0.2, 0.25) is 0 Å².